The first-order chi connectivity index (χ1) is 12.2. The van der Waals surface area contributed by atoms with Crippen molar-refractivity contribution in [1.82, 2.24) is 9.97 Å². The molecule has 3 aromatic rings. The maximum absolute atomic E-state index is 13.2. The van der Waals surface area contributed by atoms with E-state index in [1.165, 1.54) is 12.3 Å². The molecular weight excluding hydrogens is 317 g/mol. The standard InChI is InChI=1S/C20H20FN3O/c1-3-25-11-10-24(2)19-8-5-15(6-9-19)4-7-18-13-16-12-17(21)14-22-20(16)23-18/h5-6,8-9,12-14H,3,10-11H2,1-2H3,(H,22,23). The first-order valence-corrected chi connectivity index (χ1v) is 8.21. The Labute approximate surface area is 146 Å². The Morgan fingerprint density at radius 2 is 2.00 bits per heavy atom. The molecule has 0 spiro atoms. The zero-order valence-corrected chi connectivity index (χ0v) is 14.3. The number of nitrogens with zero attached hydrogens (tertiary/aromatic N) is 2. The van der Waals surface area contributed by atoms with Crippen LogP contribution in [0.2, 0.25) is 0 Å². The summed E-state index contributed by atoms with van der Waals surface area (Å²) in [5.74, 6) is 5.82. The number of aromatic nitrogens is 2. The number of pyridine rings is 1. The van der Waals surface area contributed by atoms with E-state index < -0.39 is 0 Å². The van der Waals surface area contributed by atoms with Crippen LogP contribution in [0.15, 0.2) is 42.6 Å². The molecule has 0 radical (unpaired) electrons. The second-order valence-electron chi connectivity index (χ2n) is 5.69. The van der Waals surface area contributed by atoms with Crippen LogP contribution in [0.5, 0.6) is 0 Å². The summed E-state index contributed by atoms with van der Waals surface area (Å²) in [4.78, 5) is 9.23. The molecule has 0 bridgehead atoms. The molecule has 1 N–H and O–H groups in total. The van der Waals surface area contributed by atoms with Gasteiger partial charge in [0.05, 0.1) is 18.5 Å². The van der Waals surface area contributed by atoms with E-state index in [4.69, 9.17) is 4.74 Å². The highest BCUT2D eigenvalue weighted by Crippen LogP contribution is 2.15. The molecule has 0 saturated heterocycles. The fraction of sp³-hybridized carbons (Fsp3) is 0.250. The summed E-state index contributed by atoms with van der Waals surface area (Å²) in [6.07, 6.45) is 1.19. The predicted octanol–water partition coefficient (Wildman–Crippen LogP) is 3.57. The molecule has 0 aliphatic heterocycles. The minimum atomic E-state index is -0.352. The molecule has 0 fully saturated rings. The number of ether oxygens (including phenoxy) is 1. The molecule has 1 aromatic carbocycles. The molecule has 0 amide bonds. The lowest BCUT2D eigenvalue weighted by atomic mass is 10.2. The third-order valence-corrected chi connectivity index (χ3v) is 3.86. The largest absolute Gasteiger partial charge is 0.380 e. The Kier molecular flexibility index (Phi) is 5.32. The van der Waals surface area contributed by atoms with Gasteiger partial charge < -0.3 is 14.6 Å². The lowest BCUT2D eigenvalue weighted by Crippen LogP contribution is -2.22. The molecule has 4 nitrogen and oxygen atoms in total. The first kappa shape index (κ1) is 17.0. The van der Waals surface area contributed by atoms with Crippen molar-refractivity contribution in [2.24, 2.45) is 0 Å². The third kappa shape index (κ3) is 4.37. The van der Waals surface area contributed by atoms with E-state index in [1.54, 1.807) is 6.07 Å². The molecule has 0 aliphatic rings. The zero-order valence-electron chi connectivity index (χ0n) is 14.3. The van der Waals surface area contributed by atoms with Crippen LogP contribution in [0.25, 0.3) is 11.0 Å². The summed E-state index contributed by atoms with van der Waals surface area (Å²) in [6, 6.07) is 11.3. The third-order valence-electron chi connectivity index (χ3n) is 3.86. The van der Waals surface area contributed by atoms with E-state index in [2.05, 4.69) is 26.7 Å². The second kappa shape index (κ2) is 7.82. The Bertz CT molecular complexity index is 906. The molecule has 2 heterocycles. The van der Waals surface area contributed by atoms with Gasteiger partial charge in [-0.2, -0.15) is 0 Å². The number of rotatable bonds is 5. The van der Waals surface area contributed by atoms with Gasteiger partial charge in [-0.05, 0) is 49.2 Å². The predicted molar refractivity (Wildman–Crippen MR) is 98.2 cm³/mol. The highest BCUT2D eigenvalue weighted by molar-refractivity contribution is 5.77. The van der Waals surface area contributed by atoms with Crippen molar-refractivity contribution >= 4 is 16.7 Å². The van der Waals surface area contributed by atoms with Crippen LogP contribution in [0.1, 0.15) is 18.2 Å². The van der Waals surface area contributed by atoms with Gasteiger partial charge in [-0.25, -0.2) is 9.37 Å². The average Bonchev–Trinajstić information content (AvgIpc) is 3.02. The van der Waals surface area contributed by atoms with Crippen molar-refractivity contribution in [2.45, 2.75) is 6.92 Å². The van der Waals surface area contributed by atoms with Crippen molar-refractivity contribution in [1.29, 1.82) is 0 Å². The Morgan fingerprint density at radius 1 is 1.20 bits per heavy atom. The Hall–Kier alpha value is -2.84. The van der Waals surface area contributed by atoms with Gasteiger partial charge in [0.1, 0.15) is 11.5 Å². The number of likely N-dealkylation sites (N-methyl/N-ethyl adjacent to an activating group) is 1. The monoisotopic (exact) mass is 337 g/mol. The summed E-state index contributed by atoms with van der Waals surface area (Å²) in [7, 11) is 2.04. The summed E-state index contributed by atoms with van der Waals surface area (Å²) < 4.78 is 18.5. The number of aromatic amines is 1. The van der Waals surface area contributed by atoms with Gasteiger partial charge in [0.25, 0.3) is 0 Å². The summed E-state index contributed by atoms with van der Waals surface area (Å²) in [6.45, 7) is 4.28. The summed E-state index contributed by atoms with van der Waals surface area (Å²) >= 11 is 0. The molecule has 0 aliphatic carbocycles. The van der Waals surface area contributed by atoms with Crippen molar-refractivity contribution in [3.8, 4) is 11.8 Å². The molecule has 2 aromatic heterocycles. The van der Waals surface area contributed by atoms with E-state index in [1.807, 2.05) is 38.2 Å². The Balaban J connectivity index is 1.69. The number of nitrogens with one attached hydrogen (secondary N) is 1. The zero-order chi connectivity index (χ0) is 17.6. The summed E-state index contributed by atoms with van der Waals surface area (Å²) in [5, 5.41) is 0.718. The quantitative estimate of drug-likeness (QED) is 0.571. The second-order valence-corrected chi connectivity index (χ2v) is 5.69. The Morgan fingerprint density at radius 3 is 2.76 bits per heavy atom. The van der Waals surface area contributed by atoms with Gasteiger partial charge in [0.2, 0.25) is 0 Å². The van der Waals surface area contributed by atoms with E-state index >= 15 is 0 Å². The van der Waals surface area contributed by atoms with Crippen molar-refractivity contribution in [3.05, 3.63) is 59.7 Å². The van der Waals surface area contributed by atoms with Crippen molar-refractivity contribution in [3.63, 3.8) is 0 Å². The molecule has 5 heteroatoms. The van der Waals surface area contributed by atoms with E-state index in [0.717, 1.165) is 29.8 Å². The highest BCUT2D eigenvalue weighted by Gasteiger charge is 2.02. The molecule has 0 saturated carbocycles. The lowest BCUT2D eigenvalue weighted by Gasteiger charge is -2.18. The minimum absolute atomic E-state index is 0.352. The smallest absolute Gasteiger partial charge is 0.142 e. The molecule has 0 atom stereocenters. The van der Waals surface area contributed by atoms with E-state index in [9.17, 15) is 4.39 Å². The molecule has 0 unspecified atom stereocenters. The summed E-state index contributed by atoms with van der Waals surface area (Å²) in [5.41, 5.74) is 3.39. The number of hydrogen-bond acceptors (Lipinski definition) is 3. The van der Waals surface area contributed by atoms with Crippen molar-refractivity contribution < 1.29 is 9.13 Å². The van der Waals surface area contributed by atoms with Crippen LogP contribution in [-0.4, -0.2) is 36.8 Å². The van der Waals surface area contributed by atoms with Crippen LogP contribution in [0.3, 0.4) is 0 Å². The van der Waals surface area contributed by atoms with Gasteiger partial charge in [-0.1, -0.05) is 5.92 Å². The van der Waals surface area contributed by atoms with E-state index in [-0.39, 0.29) is 5.82 Å². The van der Waals surface area contributed by atoms with Crippen LogP contribution in [0, 0.1) is 17.7 Å². The molecule has 128 valence electrons. The van der Waals surface area contributed by atoms with Crippen LogP contribution >= 0.6 is 0 Å². The van der Waals surface area contributed by atoms with Crippen LogP contribution in [0.4, 0.5) is 10.1 Å². The normalized spacial score (nSPS) is 10.5. The van der Waals surface area contributed by atoms with Crippen LogP contribution < -0.4 is 4.90 Å². The SMILES string of the molecule is CCOCCN(C)c1ccc(C#Cc2cc3cc(F)cnc3[nH]2)cc1. The number of halogens is 1. The average molecular weight is 337 g/mol. The number of benzene rings is 1. The number of hydrogen-bond donors (Lipinski definition) is 1. The van der Waals surface area contributed by atoms with Gasteiger partial charge in [0.15, 0.2) is 0 Å². The lowest BCUT2D eigenvalue weighted by molar-refractivity contribution is 0.154. The number of anilines is 1. The fourth-order valence-corrected chi connectivity index (χ4v) is 2.47. The number of H-pyrrole nitrogens is 1. The van der Waals surface area contributed by atoms with Gasteiger partial charge in [-0.15, -0.1) is 0 Å². The minimum Gasteiger partial charge on any atom is -0.380 e. The van der Waals surface area contributed by atoms with Gasteiger partial charge in [-0.3, -0.25) is 0 Å². The fourth-order valence-electron chi connectivity index (χ4n) is 2.47. The van der Waals surface area contributed by atoms with Gasteiger partial charge >= 0.3 is 0 Å². The number of fused-ring (bicyclic) bond motifs is 1. The maximum atomic E-state index is 13.2. The maximum Gasteiger partial charge on any atom is 0.142 e. The van der Waals surface area contributed by atoms with Crippen LogP contribution in [-0.2, 0) is 4.74 Å². The molecule has 3 rings (SSSR count). The molecule has 25 heavy (non-hydrogen) atoms. The molecular formula is C20H20FN3O. The van der Waals surface area contributed by atoms with Crippen molar-refractivity contribution in [2.75, 3.05) is 31.7 Å². The van der Waals surface area contributed by atoms with E-state index in [0.29, 0.717) is 17.9 Å². The van der Waals surface area contributed by atoms with Gasteiger partial charge in [0, 0.05) is 36.8 Å². The first-order valence-electron chi connectivity index (χ1n) is 8.21. The topological polar surface area (TPSA) is 41.1 Å². The highest BCUT2D eigenvalue weighted by atomic mass is 19.1.